The van der Waals surface area contributed by atoms with E-state index < -0.39 is 0 Å². The lowest BCUT2D eigenvalue weighted by Crippen LogP contribution is -2.44. The third-order valence-corrected chi connectivity index (χ3v) is 2.98. The Morgan fingerprint density at radius 3 is 2.58 bits per heavy atom. The molecule has 0 saturated heterocycles. The van der Waals surface area contributed by atoms with Crippen LogP contribution < -0.4 is 10.6 Å². The minimum absolute atomic E-state index is 0.596. The van der Waals surface area contributed by atoms with Crippen molar-refractivity contribution in [2.75, 3.05) is 7.05 Å². The number of nitrogens with one attached hydrogen (secondary N) is 2. The van der Waals surface area contributed by atoms with Crippen LogP contribution in [0.25, 0.3) is 0 Å². The second kappa shape index (κ2) is 4.65. The average Bonchev–Trinajstić information content (AvgIpc) is 2.09. The molecule has 1 fully saturated rings. The maximum Gasteiger partial charge on any atom is 0.166 e. The summed E-state index contributed by atoms with van der Waals surface area (Å²) in [5, 5.41) is 7.08. The predicted molar refractivity (Wildman–Crippen MR) is 56.2 cm³/mol. The van der Waals surface area contributed by atoms with Gasteiger partial charge in [-0.3, -0.25) is 0 Å². The predicted octanol–water partition coefficient (Wildman–Crippen LogP) is 1.66. The van der Waals surface area contributed by atoms with Gasteiger partial charge in [-0.05, 0) is 31.0 Å². The first-order chi connectivity index (χ1) is 5.74. The van der Waals surface area contributed by atoms with Crippen molar-refractivity contribution in [2.45, 2.75) is 38.6 Å². The Kier molecular flexibility index (Phi) is 3.79. The molecule has 0 amide bonds. The first-order valence-corrected chi connectivity index (χ1v) is 5.13. The van der Waals surface area contributed by atoms with Gasteiger partial charge >= 0.3 is 0 Å². The van der Waals surface area contributed by atoms with E-state index in [1.165, 1.54) is 25.7 Å². The van der Waals surface area contributed by atoms with Crippen LogP contribution in [0, 0.1) is 5.92 Å². The molecule has 2 N–H and O–H groups in total. The highest BCUT2D eigenvalue weighted by Crippen LogP contribution is 2.23. The van der Waals surface area contributed by atoms with Crippen molar-refractivity contribution in [3.05, 3.63) is 0 Å². The van der Waals surface area contributed by atoms with Gasteiger partial charge in [0.15, 0.2) is 5.11 Å². The Balaban J connectivity index is 2.33. The third kappa shape index (κ3) is 2.63. The number of hydrogen-bond donors (Lipinski definition) is 2. The van der Waals surface area contributed by atoms with Crippen LogP contribution in [-0.2, 0) is 0 Å². The Hall–Kier alpha value is -0.310. The van der Waals surface area contributed by atoms with E-state index in [2.05, 4.69) is 17.6 Å². The maximum atomic E-state index is 5.07. The molecule has 1 aliphatic carbocycles. The van der Waals surface area contributed by atoms with Crippen molar-refractivity contribution in [3.63, 3.8) is 0 Å². The van der Waals surface area contributed by atoms with Crippen LogP contribution in [0.15, 0.2) is 0 Å². The molecule has 2 unspecified atom stereocenters. The molecule has 0 bridgehead atoms. The molecule has 0 aromatic rings. The van der Waals surface area contributed by atoms with Gasteiger partial charge in [-0.25, -0.2) is 0 Å². The molecule has 0 aromatic heterocycles. The highest BCUT2D eigenvalue weighted by molar-refractivity contribution is 7.80. The van der Waals surface area contributed by atoms with Gasteiger partial charge in [0.1, 0.15) is 0 Å². The Bertz CT molecular complexity index is 159. The fourth-order valence-corrected chi connectivity index (χ4v) is 1.92. The first kappa shape index (κ1) is 9.78. The van der Waals surface area contributed by atoms with Crippen molar-refractivity contribution in [1.82, 2.24) is 10.6 Å². The third-order valence-electron chi connectivity index (χ3n) is 2.66. The molecule has 1 aliphatic rings. The van der Waals surface area contributed by atoms with Gasteiger partial charge in [0.05, 0.1) is 0 Å². The summed E-state index contributed by atoms with van der Waals surface area (Å²) < 4.78 is 0. The molecule has 70 valence electrons. The number of rotatable bonds is 1. The summed E-state index contributed by atoms with van der Waals surface area (Å²) in [4.78, 5) is 0. The van der Waals surface area contributed by atoms with Gasteiger partial charge in [-0.1, -0.05) is 19.8 Å². The first-order valence-electron chi connectivity index (χ1n) is 4.72. The minimum atomic E-state index is 0.596. The van der Waals surface area contributed by atoms with Crippen molar-refractivity contribution in [3.8, 4) is 0 Å². The van der Waals surface area contributed by atoms with Gasteiger partial charge in [-0.15, -0.1) is 0 Å². The fourth-order valence-electron chi connectivity index (χ4n) is 1.77. The molecule has 0 heterocycles. The molecule has 3 heteroatoms. The lowest BCUT2D eigenvalue weighted by atomic mass is 9.86. The van der Waals surface area contributed by atoms with E-state index in [4.69, 9.17) is 12.2 Å². The lowest BCUT2D eigenvalue weighted by Gasteiger charge is -2.30. The van der Waals surface area contributed by atoms with Gasteiger partial charge in [0.25, 0.3) is 0 Å². The van der Waals surface area contributed by atoms with Crippen molar-refractivity contribution in [2.24, 2.45) is 5.92 Å². The maximum absolute atomic E-state index is 5.07. The second-order valence-corrected chi connectivity index (χ2v) is 4.00. The summed E-state index contributed by atoms with van der Waals surface area (Å²) in [6, 6.07) is 0.596. The van der Waals surface area contributed by atoms with E-state index in [-0.39, 0.29) is 0 Å². The van der Waals surface area contributed by atoms with Crippen molar-refractivity contribution < 1.29 is 0 Å². The Morgan fingerprint density at radius 1 is 1.33 bits per heavy atom. The van der Waals surface area contributed by atoms with E-state index in [9.17, 15) is 0 Å². The standard InChI is InChI=1S/C9H18N2S/c1-7-5-3-4-6-8(7)11-9(12)10-2/h7-8H,3-6H2,1-2H3,(H2,10,11,12). The van der Waals surface area contributed by atoms with E-state index in [1.54, 1.807) is 0 Å². The van der Waals surface area contributed by atoms with Crippen LogP contribution in [0.3, 0.4) is 0 Å². The van der Waals surface area contributed by atoms with E-state index in [0.29, 0.717) is 6.04 Å². The zero-order valence-corrected chi connectivity index (χ0v) is 8.71. The van der Waals surface area contributed by atoms with Crippen molar-refractivity contribution in [1.29, 1.82) is 0 Å². The van der Waals surface area contributed by atoms with Gasteiger partial charge in [0.2, 0.25) is 0 Å². The molecule has 2 nitrogen and oxygen atoms in total. The van der Waals surface area contributed by atoms with E-state index in [1.807, 2.05) is 7.05 Å². The molecule has 0 spiro atoms. The summed E-state index contributed by atoms with van der Waals surface area (Å²) in [6.07, 6.45) is 5.33. The molecular weight excluding hydrogens is 168 g/mol. The second-order valence-electron chi connectivity index (χ2n) is 3.59. The Morgan fingerprint density at radius 2 is 2.00 bits per heavy atom. The fraction of sp³-hybridized carbons (Fsp3) is 0.889. The monoisotopic (exact) mass is 186 g/mol. The van der Waals surface area contributed by atoms with Crippen LogP contribution in [0.2, 0.25) is 0 Å². The molecular formula is C9H18N2S. The van der Waals surface area contributed by atoms with Crippen LogP contribution in [0.5, 0.6) is 0 Å². The van der Waals surface area contributed by atoms with Crippen LogP contribution in [0.4, 0.5) is 0 Å². The largest absolute Gasteiger partial charge is 0.366 e. The van der Waals surface area contributed by atoms with Gasteiger partial charge in [-0.2, -0.15) is 0 Å². The quantitative estimate of drug-likeness (QED) is 0.609. The molecule has 0 radical (unpaired) electrons. The van der Waals surface area contributed by atoms with E-state index in [0.717, 1.165) is 11.0 Å². The summed E-state index contributed by atoms with van der Waals surface area (Å²) in [5.41, 5.74) is 0. The van der Waals surface area contributed by atoms with E-state index >= 15 is 0 Å². The highest BCUT2D eigenvalue weighted by Gasteiger charge is 2.20. The normalized spacial score (nSPS) is 29.5. The zero-order valence-electron chi connectivity index (χ0n) is 7.89. The molecule has 2 atom stereocenters. The molecule has 12 heavy (non-hydrogen) atoms. The molecule has 1 rings (SSSR count). The Labute approximate surface area is 80.1 Å². The topological polar surface area (TPSA) is 24.1 Å². The van der Waals surface area contributed by atoms with Crippen LogP contribution in [-0.4, -0.2) is 18.2 Å². The van der Waals surface area contributed by atoms with Crippen molar-refractivity contribution >= 4 is 17.3 Å². The minimum Gasteiger partial charge on any atom is -0.366 e. The molecule has 0 aliphatic heterocycles. The van der Waals surface area contributed by atoms with Gasteiger partial charge in [0, 0.05) is 13.1 Å². The summed E-state index contributed by atoms with van der Waals surface area (Å²) >= 11 is 5.07. The average molecular weight is 186 g/mol. The SMILES string of the molecule is CNC(=S)NC1CCCCC1C. The molecule has 0 aromatic carbocycles. The van der Waals surface area contributed by atoms with Gasteiger partial charge < -0.3 is 10.6 Å². The van der Waals surface area contributed by atoms with Crippen LogP contribution in [0.1, 0.15) is 32.6 Å². The smallest absolute Gasteiger partial charge is 0.166 e. The summed E-state index contributed by atoms with van der Waals surface area (Å²) in [7, 11) is 1.86. The van der Waals surface area contributed by atoms with Crippen LogP contribution >= 0.6 is 12.2 Å². The number of hydrogen-bond acceptors (Lipinski definition) is 1. The molecule has 1 saturated carbocycles. The summed E-state index contributed by atoms with van der Waals surface area (Å²) in [6.45, 7) is 2.30. The zero-order chi connectivity index (χ0) is 8.97. The summed E-state index contributed by atoms with van der Waals surface area (Å²) in [5.74, 6) is 0.769. The lowest BCUT2D eigenvalue weighted by molar-refractivity contribution is 0.308. The highest BCUT2D eigenvalue weighted by atomic mass is 32.1. The number of thiocarbonyl (C=S) groups is 1.